The fourth-order valence-corrected chi connectivity index (χ4v) is 7.17. The van der Waals surface area contributed by atoms with Crippen LogP contribution in [0.15, 0.2) is 0 Å². The molecule has 2 N–H and O–H groups in total. The Kier molecular flexibility index (Phi) is 7.21. The highest BCUT2D eigenvalue weighted by Gasteiger charge is 2.51. The third-order valence-corrected chi connectivity index (χ3v) is 9.71. The zero-order valence-electron chi connectivity index (χ0n) is 19.4. The van der Waals surface area contributed by atoms with E-state index in [-0.39, 0.29) is 35.2 Å². The molecule has 2 aliphatic carbocycles. The van der Waals surface area contributed by atoms with E-state index in [1.54, 1.807) is 0 Å². The largest absolute Gasteiger partial charge is 0.481 e. The van der Waals surface area contributed by atoms with Gasteiger partial charge in [0.25, 0.3) is 0 Å². The van der Waals surface area contributed by atoms with Crippen molar-refractivity contribution in [3.8, 4) is 0 Å². The number of hydrogen-bond donors (Lipinski definition) is 2. The number of fused-ring (bicyclic) bond motifs is 2. The van der Waals surface area contributed by atoms with E-state index in [9.17, 15) is 14.7 Å². The number of aliphatic hydroxyl groups is 1. The Hall–Kier alpha value is -1.10. The van der Waals surface area contributed by atoms with Crippen molar-refractivity contribution in [3.05, 3.63) is 0 Å². The minimum Gasteiger partial charge on any atom is -0.481 e. The van der Waals surface area contributed by atoms with Crippen molar-refractivity contribution in [1.82, 2.24) is 0 Å². The lowest BCUT2D eigenvalue weighted by molar-refractivity contribution is -0.150. The van der Waals surface area contributed by atoms with Gasteiger partial charge in [-0.3, -0.25) is 9.59 Å². The van der Waals surface area contributed by atoms with Gasteiger partial charge in [-0.1, -0.05) is 27.7 Å². The van der Waals surface area contributed by atoms with Gasteiger partial charge in [-0.15, -0.1) is 0 Å². The first-order chi connectivity index (χ1) is 14.1. The quantitative estimate of drug-likeness (QED) is 0.619. The molecule has 1 aliphatic heterocycles. The zero-order chi connectivity index (χ0) is 22.1. The molecule has 0 spiro atoms. The number of ether oxygens (including phenoxy) is 1. The first kappa shape index (κ1) is 23.6. The fraction of sp³-hybridized carbons (Fsp3) is 0.920. The lowest BCUT2D eigenvalue weighted by Gasteiger charge is -2.48. The minimum atomic E-state index is -0.718. The molecule has 3 aliphatic rings. The standard InChI is InChI=1S/C25H42O5/c1-16(5-8-22(27)28)21-7-6-18-15-30-23(29)14-19-13-20(26)10-12-24(19,3)17(2)9-11-25(18,21)4/h16-21,26H,5-15H2,1-4H3,(H,27,28)/t16-,17?,18+,19+,20-,21?,24-,25+/m1/s1. The Morgan fingerprint density at radius 1 is 1.13 bits per heavy atom. The third-order valence-electron chi connectivity index (χ3n) is 9.71. The Labute approximate surface area is 182 Å². The SMILES string of the molecule is CC1CC[C@]2(C)C([C@H](C)CCC(=O)O)CC[C@H]2COC(=O)C[C@@H]2C[C@H](O)CC[C@]12C. The smallest absolute Gasteiger partial charge is 0.306 e. The van der Waals surface area contributed by atoms with E-state index < -0.39 is 5.97 Å². The number of esters is 1. The highest BCUT2D eigenvalue weighted by Crippen LogP contribution is 2.57. The van der Waals surface area contributed by atoms with Gasteiger partial charge in [0.2, 0.25) is 0 Å². The summed E-state index contributed by atoms with van der Waals surface area (Å²) in [7, 11) is 0. The number of hydrogen-bond acceptors (Lipinski definition) is 4. The van der Waals surface area contributed by atoms with Crippen LogP contribution in [0.2, 0.25) is 0 Å². The van der Waals surface area contributed by atoms with Gasteiger partial charge in [-0.05, 0) is 91.8 Å². The summed E-state index contributed by atoms with van der Waals surface area (Å²) in [5.41, 5.74) is 0.133. The summed E-state index contributed by atoms with van der Waals surface area (Å²) < 4.78 is 5.83. The minimum absolute atomic E-state index is 0.0530. The molecule has 3 fully saturated rings. The molecule has 1 heterocycles. The molecule has 172 valence electrons. The van der Waals surface area contributed by atoms with Crippen molar-refractivity contribution in [1.29, 1.82) is 0 Å². The van der Waals surface area contributed by atoms with Crippen molar-refractivity contribution in [2.75, 3.05) is 6.61 Å². The highest BCUT2D eigenvalue weighted by molar-refractivity contribution is 5.70. The van der Waals surface area contributed by atoms with Gasteiger partial charge in [0, 0.05) is 12.8 Å². The first-order valence-corrected chi connectivity index (χ1v) is 12.1. The van der Waals surface area contributed by atoms with E-state index in [1.807, 2.05) is 0 Å². The van der Waals surface area contributed by atoms with Crippen LogP contribution in [-0.4, -0.2) is 34.9 Å². The maximum absolute atomic E-state index is 12.7. The lowest BCUT2D eigenvalue weighted by atomic mass is 9.57. The molecule has 2 saturated carbocycles. The molecule has 2 unspecified atom stereocenters. The summed E-state index contributed by atoms with van der Waals surface area (Å²) in [6, 6.07) is 0. The number of aliphatic carboxylic acids is 1. The molecule has 8 atom stereocenters. The fourth-order valence-electron chi connectivity index (χ4n) is 7.17. The van der Waals surface area contributed by atoms with E-state index in [2.05, 4.69) is 27.7 Å². The molecule has 5 heteroatoms. The summed E-state index contributed by atoms with van der Waals surface area (Å²) in [6.45, 7) is 9.72. The lowest BCUT2D eigenvalue weighted by Crippen LogP contribution is -2.42. The van der Waals surface area contributed by atoms with Gasteiger partial charge in [-0.2, -0.15) is 0 Å². The Balaban J connectivity index is 1.82. The zero-order valence-corrected chi connectivity index (χ0v) is 19.4. The van der Waals surface area contributed by atoms with E-state index in [0.29, 0.717) is 43.1 Å². The molecule has 5 nitrogen and oxygen atoms in total. The molecular formula is C25H42O5. The second-order valence-electron chi connectivity index (χ2n) is 11.3. The molecule has 30 heavy (non-hydrogen) atoms. The van der Waals surface area contributed by atoms with Crippen molar-refractivity contribution in [3.63, 3.8) is 0 Å². The molecule has 0 radical (unpaired) electrons. The van der Waals surface area contributed by atoms with E-state index in [4.69, 9.17) is 9.84 Å². The van der Waals surface area contributed by atoms with Gasteiger partial charge in [0.05, 0.1) is 12.7 Å². The molecule has 0 aromatic carbocycles. The Bertz CT molecular complexity index is 633. The van der Waals surface area contributed by atoms with Gasteiger partial charge < -0.3 is 14.9 Å². The van der Waals surface area contributed by atoms with Gasteiger partial charge in [-0.25, -0.2) is 0 Å². The van der Waals surface area contributed by atoms with Crippen molar-refractivity contribution in [2.45, 2.75) is 98.0 Å². The number of carbonyl (C=O) groups excluding carboxylic acids is 1. The van der Waals surface area contributed by atoms with Crippen LogP contribution in [0.5, 0.6) is 0 Å². The first-order valence-electron chi connectivity index (χ1n) is 12.1. The van der Waals surface area contributed by atoms with Crippen LogP contribution < -0.4 is 0 Å². The monoisotopic (exact) mass is 422 g/mol. The van der Waals surface area contributed by atoms with Crippen LogP contribution in [0, 0.1) is 40.4 Å². The molecule has 0 amide bonds. The topological polar surface area (TPSA) is 83.8 Å². The highest BCUT2D eigenvalue weighted by atomic mass is 16.5. The van der Waals surface area contributed by atoms with E-state index >= 15 is 0 Å². The molecule has 0 bridgehead atoms. The molecular weight excluding hydrogens is 380 g/mol. The Morgan fingerprint density at radius 3 is 2.53 bits per heavy atom. The van der Waals surface area contributed by atoms with Gasteiger partial charge in [0.1, 0.15) is 0 Å². The third kappa shape index (κ3) is 4.71. The van der Waals surface area contributed by atoms with Crippen LogP contribution in [0.1, 0.15) is 91.9 Å². The number of aliphatic hydroxyl groups excluding tert-OH is 1. The van der Waals surface area contributed by atoms with Crippen molar-refractivity contribution < 1.29 is 24.5 Å². The number of carboxylic acids is 1. The van der Waals surface area contributed by atoms with Gasteiger partial charge in [0.15, 0.2) is 0 Å². The maximum atomic E-state index is 12.7. The number of carbonyl (C=O) groups is 2. The van der Waals surface area contributed by atoms with E-state index in [1.165, 1.54) is 0 Å². The predicted molar refractivity (Wildman–Crippen MR) is 116 cm³/mol. The maximum Gasteiger partial charge on any atom is 0.306 e. The summed E-state index contributed by atoms with van der Waals surface area (Å²) in [5, 5.41) is 19.4. The molecule has 3 rings (SSSR count). The van der Waals surface area contributed by atoms with E-state index in [0.717, 1.165) is 44.9 Å². The second kappa shape index (κ2) is 9.18. The number of carboxylic acid groups (broad SMARTS) is 1. The van der Waals surface area contributed by atoms with Crippen LogP contribution in [0.4, 0.5) is 0 Å². The Morgan fingerprint density at radius 2 is 1.83 bits per heavy atom. The molecule has 0 aromatic rings. The number of cyclic esters (lactones) is 1. The summed E-state index contributed by atoms with van der Waals surface area (Å²) in [4.78, 5) is 23.8. The second-order valence-corrected chi connectivity index (χ2v) is 11.3. The average molecular weight is 423 g/mol. The van der Waals surface area contributed by atoms with Crippen LogP contribution in [-0.2, 0) is 14.3 Å². The van der Waals surface area contributed by atoms with Crippen molar-refractivity contribution >= 4 is 11.9 Å². The summed E-state index contributed by atoms with van der Waals surface area (Å²) in [6.07, 6.45) is 7.92. The van der Waals surface area contributed by atoms with Crippen LogP contribution in [0.25, 0.3) is 0 Å². The van der Waals surface area contributed by atoms with Gasteiger partial charge >= 0.3 is 11.9 Å². The molecule has 0 aromatic heterocycles. The molecule has 1 saturated heterocycles. The van der Waals surface area contributed by atoms with Crippen LogP contribution in [0.3, 0.4) is 0 Å². The van der Waals surface area contributed by atoms with Crippen LogP contribution >= 0.6 is 0 Å². The predicted octanol–water partition coefficient (Wildman–Crippen LogP) is 5.05. The average Bonchev–Trinajstić information content (AvgIpc) is 3.01. The normalized spacial score (nSPS) is 43.6. The number of rotatable bonds is 4. The summed E-state index contributed by atoms with van der Waals surface area (Å²) >= 11 is 0. The summed E-state index contributed by atoms with van der Waals surface area (Å²) in [5.74, 6) is 1.02. The van der Waals surface area contributed by atoms with Crippen molar-refractivity contribution in [2.24, 2.45) is 40.4 Å².